The molecule has 0 fully saturated rings. The van der Waals surface area contributed by atoms with E-state index < -0.39 is 0 Å². The van der Waals surface area contributed by atoms with Crippen molar-refractivity contribution in [2.45, 2.75) is 226 Å². The third kappa shape index (κ3) is 30.1. The summed E-state index contributed by atoms with van der Waals surface area (Å²) in [6.07, 6.45) is 48.3. The fraction of sp³-hybridized carbons (Fsp3) is 0.826. The molecule has 0 unspecified atom stereocenters. The summed E-state index contributed by atoms with van der Waals surface area (Å²) in [4.78, 5) is 0. The molecule has 0 aliphatic rings. The first kappa shape index (κ1) is 47.2. The smallest absolute Gasteiger partial charge is 0.104 e. The molecule has 0 atom stereocenters. The van der Waals surface area contributed by atoms with Gasteiger partial charge in [0.1, 0.15) is 6.54 Å². The number of halogens is 1. The highest BCUT2D eigenvalue weighted by molar-refractivity contribution is 5.47. The van der Waals surface area contributed by atoms with Gasteiger partial charge in [0.15, 0.2) is 0 Å². The van der Waals surface area contributed by atoms with E-state index in [1.165, 1.54) is 241 Å². The molecule has 0 bridgehead atoms. The average molecular weight is 689 g/mol. The summed E-state index contributed by atoms with van der Waals surface area (Å²) < 4.78 is 1.21. The Balaban J connectivity index is 0.0000221. The monoisotopic (exact) mass is 688 g/mol. The van der Waals surface area contributed by atoms with Gasteiger partial charge in [0.25, 0.3) is 0 Å². The van der Waals surface area contributed by atoms with Gasteiger partial charge in [-0.1, -0.05) is 231 Å². The van der Waals surface area contributed by atoms with E-state index in [0.29, 0.717) is 0 Å². The first-order valence-corrected chi connectivity index (χ1v) is 21.7. The van der Waals surface area contributed by atoms with Gasteiger partial charge in [-0.25, -0.2) is 0 Å². The van der Waals surface area contributed by atoms with E-state index >= 15 is 0 Å². The third-order valence-corrected chi connectivity index (χ3v) is 10.9. The first-order valence-electron chi connectivity index (χ1n) is 21.7. The van der Waals surface area contributed by atoms with Gasteiger partial charge in [0.2, 0.25) is 0 Å². The van der Waals surface area contributed by atoms with Crippen molar-refractivity contribution in [3.05, 3.63) is 42.0 Å². The van der Waals surface area contributed by atoms with Crippen molar-refractivity contribution in [1.29, 1.82) is 0 Å². The molecule has 282 valence electrons. The van der Waals surface area contributed by atoms with Crippen molar-refractivity contribution >= 4 is 6.08 Å². The minimum Gasteiger partial charge on any atom is -1.00 e. The van der Waals surface area contributed by atoms with E-state index in [0.717, 1.165) is 0 Å². The largest absolute Gasteiger partial charge is 1.00 e. The van der Waals surface area contributed by atoms with E-state index in [4.69, 9.17) is 0 Å². The van der Waals surface area contributed by atoms with Crippen LogP contribution in [0.15, 0.2) is 30.8 Å². The normalized spacial score (nSPS) is 11.6. The van der Waals surface area contributed by atoms with Crippen LogP contribution < -0.4 is 12.4 Å². The number of nitrogens with zero attached hydrogens (tertiary/aromatic N) is 1. The summed E-state index contributed by atoms with van der Waals surface area (Å²) in [6, 6.07) is 9.18. The SMILES string of the molecule is C=Cc1ccc(C[N+](C)(CCCCCCCCCCCCCCCCCC)CCCCCCCCCCCCCCCCCC)cc1.[Cl-]. The Morgan fingerprint density at radius 1 is 0.417 bits per heavy atom. The topological polar surface area (TPSA) is 0 Å². The highest BCUT2D eigenvalue weighted by Crippen LogP contribution is 2.20. The summed E-state index contributed by atoms with van der Waals surface area (Å²) in [7, 11) is 2.54. The van der Waals surface area contributed by atoms with Crippen LogP contribution in [-0.4, -0.2) is 24.6 Å². The Morgan fingerprint density at radius 3 is 0.917 bits per heavy atom. The highest BCUT2D eigenvalue weighted by Gasteiger charge is 2.21. The van der Waals surface area contributed by atoms with Crippen molar-refractivity contribution in [3.8, 4) is 0 Å². The quantitative estimate of drug-likeness (QED) is 0.0482. The predicted molar refractivity (Wildman–Crippen MR) is 215 cm³/mol. The minimum atomic E-state index is 0. The van der Waals surface area contributed by atoms with Crippen LogP contribution in [-0.2, 0) is 6.54 Å². The maximum atomic E-state index is 3.94. The molecule has 0 heterocycles. The number of benzene rings is 1. The van der Waals surface area contributed by atoms with Crippen molar-refractivity contribution in [3.63, 3.8) is 0 Å². The second kappa shape index (κ2) is 36.0. The first-order chi connectivity index (χ1) is 23.1. The van der Waals surface area contributed by atoms with Crippen LogP contribution in [0.2, 0.25) is 0 Å². The second-order valence-electron chi connectivity index (χ2n) is 15.8. The van der Waals surface area contributed by atoms with Gasteiger partial charge in [-0.3, -0.25) is 0 Å². The molecule has 1 nitrogen and oxygen atoms in total. The maximum absolute atomic E-state index is 3.94. The van der Waals surface area contributed by atoms with Gasteiger partial charge in [-0.2, -0.15) is 0 Å². The molecule has 0 saturated heterocycles. The summed E-state index contributed by atoms with van der Waals surface area (Å²) in [6.45, 7) is 12.4. The molecule has 48 heavy (non-hydrogen) atoms. The van der Waals surface area contributed by atoms with Crippen LogP contribution >= 0.6 is 0 Å². The van der Waals surface area contributed by atoms with Gasteiger partial charge >= 0.3 is 0 Å². The number of unbranched alkanes of at least 4 members (excludes halogenated alkanes) is 30. The van der Waals surface area contributed by atoms with Gasteiger partial charge < -0.3 is 16.9 Å². The summed E-state index contributed by atoms with van der Waals surface area (Å²) in [5.74, 6) is 0. The lowest BCUT2D eigenvalue weighted by atomic mass is 10.0. The van der Waals surface area contributed by atoms with Gasteiger partial charge in [-0.05, 0) is 31.2 Å². The summed E-state index contributed by atoms with van der Waals surface area (Å²) in [5.41, 5.74) is 2.73. The van der Waals surface area contributed by atoms with Crippen LogP contribution in [0.3, 0.4) is 0 Å². The number of hydrogen-bond donors (Lipinski definition) is 0. The Bertz CT molecular complexity index is 735. The molecular formula is C46H86ClN. The molecule has 0 radical (unpaired) electrons. The van der Waals surface area contributed by atoms with Gasteiger partial charge in [0.05, 0.1) is 20.1 Å². The number of hydrogen-bond acceptors (Lipinski definition) is 0. The van der Waals surface area contributed by atoms with E-state index in [1.807, 2.05) is 6.08 Å². The van der Waals surface area contributed by atoms with Crippen LogP contribution in [0.5, 0.6) is 0 Å². The van der Waals surface area contributed by atoms with Crippen LogP contribution in [0.1, 0.15) is 230 Å². The lowest BCUT2D eigenvalue weighted by molar-refractivity contribution is -0.923. The summed E-state index contributed by atoms with van der Waals surface area (Å²) in [5, 5.41) is 0. The molecule has 0 amide bonds. The zero-order valence-corrected chi connectivity index (χ0v) is 33.9. The molecule has 0 aromatic heterocycles. The van der Waals surface area contributed by atoms with Crippen LogP contribution in [0.25, 0.3) is 6.08 Å². The van der Waals surface area contributed by atoms with Crippen molar-refractivity contribution in [1.82, 2.24) is 0 Å². The second-order valence-corrected chi connectivity index (χ2v) is 15.8. The number of rotatable bonds is 37. The molecule has 0 N–H and O–H groups in total. The lowest BCUT2D eigenvalue weighted by Crippen LogP contribution is -3.00. The Labute approximate surface area is 309 Å². The van der Waals surface area contributed by atoms with Crippen molar-refractivity contribution in [2.24, 2.45) is 0 Å². The van der Waals surface area contributed by atoms with Crippen LogP contribution in [0, 0.1) is 0 Å². The van der Waals surface area contributed by atoms with Crippen LogP contribution in [0.4, 0.5) is 0 Å². The van der Waals surface area contributed by atoms with Crippen molar-refractivity contribution < 1.29 is 16.9 Å². The maximum Gasteiger partial charge on any atom is 0.104 e. The third-order valence-electron chi connectivity index (χ3n) is 10.9. The molecule has 0 spiro atoms. The molecule has 0 aliphatic heterocycles. The molecule has 0 aliphatic carbocycles. The molecule has 1 rings (SSSR count). The number of quaternary nitrogens is 1. The zero-order chi connectivity index (χ0) is 33.9. The average Bonchev–Trinajstić information content (AvgIpc) is 3.08. The zero-order valence-electron chi connectivity index (χ0n) is 33.2. The predicted octanol–water partition coefficient (Wildman–Crippen LogP) is 12.8. The fourth-order valence-corrected chi connectivity index (χ4v) is 7.55. The Hall–Kier alpha value is -0.790. The fourth-order valence-electron chi connectivity index (χ4n) is 7.55. The Morgan fingerprint density at radius 2 is 0.667 bits per heavy atom. The molecule has 1 aromatic carbocycles. The minimum absolute atomic E-state index is 0. The van der Waals surface area contributed by atoms with Gasteiger partial charge in [-0.15, -0.1) is 0 Å². The molecule has 1 aromatic rings. The molecule has 2 heteroatoms. The molecular weight excluding hydrogens is 602 g/mol. The van der Waals surface area contributed by atoms with Crippen molar-refractivity contribution in [2.75, 3.05) is 20.1 Å². The highest BCUT2D eigenvalue weighted by atomic mass is 35.5. The summed E-state index contributed by atoms with van der Waals surface area (Å²) >= 11 is 0. The van der Waals surface area contributed by atoms with E-state index in [2.05, 4.69) is 51.7 Å². The Kier molecular flexibility index (Phi) is 35.4. The van der Waals surface area contributed by atoms with E-state index in [9.17, 15) is 0 Å². The van der Waals surface area contributed by atoms with E-state index in [1.54, 1.807) is 0 Å². The lowest BCUT2D eigenvalue weighted by Gasteiger charge is -2.35. The van der Waals surface area contributed by atoms with E-state index in [-0.39, 0.29) is 12.4 Å². The molecule has 0 saturated carbocycles. The standard InChI is InChI=1S/C46H86N.ClH/c1-5-8-10-12-14-16-18-20-22-24-26-28-30-32-34-36-42-47(4,44-46-40-38-45(7-3)39-41-46)43-37-35-33-31-29-27-25-23-21-19-17-15-13-11-9-6-2;/h7,38-41H,3,5-6,8-37,42-44H2,1-2,4H3;1H/q+1;/p-1. The van der Waals surface area contributed by atoms with Gasteiger partial charge in [0, 0.05) is 5.56 Å².